The number of allylic oxidation sites excluding steroid dienone is 3. The zero-order chi connectivity index (χ0) is 19.4. The summed E-state index contributed by atoms with van der Waals surface area (Å²) in [5, 5.41) is 20.2. The molecular weight excluding hydrogens is 332 g/mol. The Morgan fingerprint density at radius 2 is 2.08 bits per heavy atom. The van der Waals surface area contributed by atoms with Crippen LogP contribution in [0.4, 0.5) is 0 Å². The molecule has 1 aliphatic carbocycles. The van der Waals surface area contributed by atoms with E-state index in [1.54, 1.807) is 12.2 Å². The van der Waals surface area contributed by atoms with Gasteiger partial charge in [0.15, 0.2) is 0 Å². The van der Waals surface area contributed by atoms with E-state index in [1.165, 1.54) is 7.11 Å². The fourth-order valence-corrected chi connectivity index (χ4v) is 3.31. The molecule has 26 heavy (non-hydrogen) atoms. The fourth-order valence-electron chi connectivity index (χ4n) is 3.31. The quantitative estimate of drug-likeness (QED) is 0.314. The van der Waals surface area contributed by atoms with Crippen LogP contribution in [-0.4, -0.2) is 41.3 Å². The first-order valence-corrected chi connectivity index (χ1v) is 9.78. The van der Waals surface area contributed by atoms with Gasteiger partial charge in [-0.25, -0.2) is 0 Å². The van der Waals surface area contributed by atoms with Crippen LogP contribution in [0.25, 0.3) is 0 Å². The van der Waals surface area contributed by atoms with Gasteiger partial charge in [0.05, 0.1) is 19.3 Å². The second-order valence-corrected chi connectivity index (χ2v) is 7.05. The molecule has 2 N–H and O–H groups in total. The van der Waals surface area contributed by atoms with E-state index >= 15 is 0 Å². The van der Waals surface area contributed by atoms with E-state index in [0.29, 0.717) is 19.3 Å². The monoisotopic (exact) mass is 366 g/mol. The molecule has 0 spiro atoms. The number of ketones is 1. The van der Waals surface area contributed by atoms with Crippen LogP contribution in [0.2, 0.25) is 0 Å². The topological polar surface area (TPSA) is 83.8 Å². The van der Waals surface area contributed by atoms with Crippen LogP contribution < -0.4 is 0 Å². The van der Waals surface area contributed by atoms with Crippen LogP contribution in [0.5, 0.6) is 0 Å². The Morgan fingerprint density at radius 1 is 1.31 bits per heavy atom. The van der Waals surface area contributed by atoms with Gasteiger partial charge in [0.1, 0.15) is 5.78 Å². The molecule has 0 bridgehead atoms. The molecular formula is C21H34O5. The lowest BCUT2D eigenvalue weighted by atomic mass is 9.90. The average Bonchev–Trinajstić information content (AvgIpc) is 2.89. The second kappa shape index (κ2) is 12.8. The third-order valence-electron chi connectivity index (χ3n) is 4.94. The summed E-state index contributed by atoms with van der Waals surface area (Å²) in [6.07, 6.45) is 12.9. The first kappa shape index (κ1) is 22.6. The Bertz CT molecular complexity index is 483. The maximum atomic E-state index is 12.1. The van der Waals surface area contributed by atoms with Gasteiger partial charge in [0.2, 0.25) is 0 Å². The second-order valence-electron chi connectivity index (χ2n) is 7.05. The predicted octanol–water partition coefficient (Wildman–Crippen LogP) is 3.34. The summed E-state index contributed by atoms with van der Waals surface area (Å²) in [5.74, 6) is -0.638. The first-order chi connectivity index (χ1) is 12.5. The normalized spacial score (nSPS) is 24.6. The molecule has 0 aromatic heterocycles. The van der Waals surface area contributed by atoms with Crippen molar-refractivity contribution < 1.29 is 24.5 Å². The minimum Gasteiger partial charge on any atom is -0.469 e. The maximum absolute atomic E-state index is 12.1. The van der Waals surface area contributed by atoms with Gasteiger partial charge >= 0.3 is 5.97 Å². The lowest BCUT2D eigenvalue weighted by molar-refractivity contribution is -0.140. The molecule has 1 saturated carbocycles. The standard InChI is InChI=1S/C21H34O5/c1-3-4-7-10-16(22)13-14-18-17(19(23)15-20(18)24)11-8-5-6-9-12-21(25)26-2/h5,8,13-14,16-19,22-23H,3-4,6-7,9-12,15H2,1-2H3/b8-5-,14-13+/t16-,17+,18+,19-/m0/s1. The Morgan fingerprint density at radius 3 is 2.77 bits per heavy atom. The Hall–Kier alpha value is -1.46. The van der Waals surface area contributed by atoms with Gasteiger partial charge < -0.3 is 14.9 Å². The highest BCUT2D eigenvalue weighted by atomic mass is 16.5. The SMILES string of the molecule is CCCCC[C@H](O)/C=C/[C@H]1C(=O)C[C@H](O)[C@@H]1C/C=C\CCCC(=O)OC. The van der Waals surface area contributed by atoms with E-state index in [0.717, 1.165) is 32.1 Å². The summed E-state index contributed by atoms with van der Waals surface area (Å²) in [6.45, 7) is 2.12. The van der Waals surface area contributed by atoms with Gasteiger partial charge in [-0.2, -0.15) is 0 Å². The van der Waals surface area contributed by atoms with Crippen LogP contribution in [0, 0.1) is 11.8 Å². The number of carbonyl (C=O) groups excluding carboxylic acids is 2. The number of aliphatic hydroxyl groups is 2. The molecule has 5 nitrogen and oxygen atoms in total. The highest BCUT2D eigenvalue weighted by Crippen LogP contribution is 2.33. The summed E-state index contributed by atoms with van der Waals surface area (Å²) in [6, 6.07) is 0. The lowest BCUT2D eigenvalue weighted by Crippen LogP contribution is -2.19. The molecule has 5 heteroatoms. The molecule has 4 atom stereocenters. The molecule has 1 fully saturated rings. The Labute approximate surface area is 157 Å². The minimum absolute atomic E-state index is 0.0404. The lowest BCUT2D eigenvalue weighted by Gasteiger charge is -2.17. The van der Waals surface area contributed by atoms with Gasteiger partial charge in [0, 0.05) is 24.7 Å². The van der Waals surface area contributed by atoms with Gasteiger partial charge in [-0.1, -0.05) is 50.5 Å². The van der Waals surface area contributed by atoms with Crippen LogP contribution in [0.1, 0.15) is 64.7 Å². The molecule has 0 aromatic carbocycles. The van der Waals surface area contributed by atoms with Crippen molar-refractivity contribution in [3.8, 4) is 0 Å². The van der Waals surface area contributed by atoms with Crippen LogP contribution in [-0.2, 0) is 14.3 Å². The first-order valence-electron chi connectivity index (χ1n) is 9.78. The largest absolute Gasteiger partial charge is 0.469 e. The van der Waals surface area contributed by atoms with Crippen molar-refractivity contribution in [3.05, 3.63) is 24.3 Å². The van der Waals surface area contributed by atoms with Crippen LogP contribution >= 0.6 is 0 Å². The third kappa shape index (κ3) is 8.28. The van der Waals surface area contributed by atoms with Crippen molar-refractivity contribution in [3.63, 3.8) is 0 Å². The molecule has 1 aliphatic rings. The molecule has 0 heterocycles. The van der Waals surface area contributed by atoms with E-state index in [1.807, 2.05) is 12.2 Å². The summed E-state index contributed by atoms with van der Waals surface area (Å²) in [5.41, 5.74) is 0. The molecule has 0 amide bonds. The van der Waals surface area contributed by atoms with E-state index in [9.17, 15) is 19.8 Å². The number of unbranched alkanes of at least 4 members (excludes halogenated alkanes) is 3. The summed E-state index contributed by atoms with van der Waals surface area (Å²) >= 11 is 0. The average molecular weight is 366 g/mol. The number of methoxy groups -OCH3 is 1. The van der Waals surface area contributed by atoms with Crippen molar-refractivity contribution in [2.24, 2.45) is 11.8 Å². The van der Waals surface area contributed by atoms with E-state index in [4.69, 9.17) is 0 Å². The summed E-state index contributed by atoms with van der Waals surface area (Å²) in [7, 11) is 1.38. The number of hydrogen-bond donors (Lipinski definition) is 2. The number of hydrogen-bond acceptors (Lipinski definition) is 5. The van der Waals surface area contributed by atoms with Crippen molar-refractivity contribution in [1.82, 2.24) is 0 Å². The molecule has 1 rings (SSSR count). The van der Waals surface area contributed by atoms with Gasteiger partial charge in [-0.3, -0.25) is 9.59 Å². The van der Waals surface area contributed by atoms with Crippen molar-refractivity contribution in [1.29, 1.82) is 0 Å². The number of aliphatic hydroxyl groups excluding tert-OH is 2. The van der Waals surface area contributed by atoms with E-state index in [-0.39, 0.29) is 30.0 Å². The summed E-state index contributed by atoms with van der Waals surface area (Å²) in [4.78, 5) is 23.2. The Kier molecular flexibility index (Phi) is 11.1. The zero-order valence-corrected chi connectivity index (χ0v) is 16.1. The molecule has 0 aliphatic heterocycles. The number of rotatable bonds is 12. The number of ether oxygens (including phenoxy) is 1. The van der Waals surface area contributed by atoms with Crippen LogP contribution in [0.3, 0.4) is 0 Å². The molecule has 148 valence electrons. The fraction of sp³-hybridized carbons (Fsp3) is 0.714. The predicted molar refractivity (Wildman–Crippen MR) is 102 cm³/mol. The van der Waals surface area contributed by atoms with Gasteiger partial charge in [-0.05, 0) is 25.7 Å². The summed E-state index contributed by atoms with van der Waals surface area (Å²) < 4.78 is 4.59. The highest BCUT2D eigenvalue weighted by Gasteiger charge is 2.39. The molecule has 0 radical (unpaired) electrons. The smallest absolute Gasteiger partial charge is 0.305 e. The van der Waals surface area contributed by atoms with Crippen molar-refractivity contribution in [2.45, 2.75) is 76.9 Å². The van der Waals surface area contributed by atoms with Crippen LogP contribution in [0.15, 0.2) is 24.3 Å². The molecule has 0 aromatic rings. The highest BCUT2D eigenvalue weighted by molar-refractivity contribution is 5.86. The number of carbonyl (C=O) groups is 2. The molecule has 0 unspecified atom stereocenters. The number of esters is 1. The van der Waals surface area contributed by atoms with E-state index < -0.39 is 12.2 Å². The van der Waals surface area contributed by atoms with Gasteiger partial charge in [-0.15, -0.1) is 0 Å². The van der Waals surface area contributed by atoms with Crippen molar-refractivity contribution >= 4 is 11.8 Å². The van der Waals surface area contributed by atoms with E-state index in [2.05, 4.69) is 11.7 Å². The van der Waals surface area contributed by atoms with Crippen molar-refractivity contribution in [2.75, 3.05) is 7.11 Å². The number of Topliss-reactive ketones (excluding diaryl/α,β-unsaturated/α-hetero) is 1. The van der Waals surface area contributed by atoms with Gasteiger partial charge in [0.25, 0.3) is 0 Å². The maximum Gasteiger partial charge on any atom is 0.305 e. The third-order valence-corrected chi connectivity index (χ3v) is 4.94. The minimum atomic E-state index is -0.630. The Balaban J connectivity index is 2.46. The zero-order valence-electron chi connectivity index (χ0n) is 16.1. The molecule has 0 saturated heterocycles.